The van der Waals surface area contributed by atoms with E-state index >= 15 is 0 Å². The maximum Gasteiger partial charge on any atom is 0.150 e. The number of rotatable bonds is 4. The van der Waals surface area contributed by atoms with E-state index in [1.807, 2.05) is 6.92 Å². The van der Waals surface area contributed by atoms with Gasteiger partial charge in [0.2, 0.25) is 0 Å². The van der Waals surface area contributed by atoms with Gasteiger partial charge in [0.1, 0.15) is 12.2 Å². The first-order valence-corrected chi connectivity index (χ1v) is 7.66. The molecule has 0 bridgehead atoms. The molecule has 1 aromatic rings. The SMILES string of the molecule is CCn1ncnc1CC(N)C1CCS(=O)(=O)C1. The monoisotopic (exact) mass is 258 g/mol. The molecule has 7 heteroatoms. The molecule has 0 amide bonds. The summed E-state index contributed by atoms with van der Waals surface area (Å²) in [5.41, 5.74) is 6.07. The Morgan fingerprint density at radius 1 is 1.65 bits per heavy atom. The van der Waals surface area contributed by atoms with Crippen LogP contribution in [0.3, 0.4) is 0 Å². The highest BCUT2D eigenvalue weighted by atomic mass is 32.2. The number of aromatic nitrogens is 3. The smallest absolute Gasteiger partial charge is 0.150 e. The van der Waals surface area contributed by atoms with Crippen molar-refractivity contribution < 1.29 is 8.42 Å². The van der Waals surface area contributed by atoms with Crippen molar-refractivity contribution >= 4 is 9.84 Å². The van der Waals surface area contributed by atoms with Crippen LogP contribution in [0, 0.1) is 5.92 Å². The minimum absolute atomic E-state index is 0.0574. The lowest BCUT2D eigenvalue weighted by molar-refractivity contribution is 0.442. The van der Waals surface area contributed by atoms with Gasteiger partial charge in [-0.1, -0.05) is 0 Å². The van der Waals surface area contributed by atoms with Crippen molar-refractivity contribution in [2.75, 3.05) is 11.5 Å². The maximum atomic E-state index is 11.4. The summed E-state index contributed by atoms with van der Waals surface area (Å²) in [6.07, 6.45) is 2.77. The van der Waals surface area contributed by atoms with Gasteiger partial charge < -0.3 is 5.73 Å². The zero-order valence-electron chi connectivity index (χ0n) is 9.91. The van der Waals surface area contributed by atoms with Gasteiger partial charge in [0.15, 0.2) is 9.84 Å². The van der Waals surface area contributed by atoms with Gasteiger partial charge in [0, 0.05) is 19.0 Å². The predicted molar refractivity (Wildman–Crippen MR) is 64.1 cm³/mol. The van der Waals surface area contributed by atoms with Crippen LogP contribution in [0.4, 0.5) is 0 Å². The van der Waals surface area contributed by atoms with Crippen molar-refractivity contribution in [1.82, 2.24) is 14.8 Å². The molecule has 96 valence electrons. The molecular formula is C10H18N4O2S. The Labute approximate surface area is 101 Å². The molecule has 0 aromatic carbocycles. The first-order valence-electron chi connectivity index (χ1n) is 5.84. The van der Waals surface area contributed by atoms with Crippen molar-refractivity contribution in [1.29, 1.82) is 0 Å². The zero-order valence-corrected chi connectivity index (χ0v) is 10.7. The molecule has 2 N–H and O–H groups in total. The number of sulfone groups is 1. The van der Waals surface area contributed by atoms with Crippen LogP contribution in [-0.2, 0) is 22.8 Å². The van der Waals surface area contributed by atoms with E-state index in [0.29, 0.717) is 12.8 Å². The number of nitrogens with two attached hydrogens (primary N) is 1. The topological polar surface area (TPSA) is 90.9 Å². The molecule has 2 unspecified atom stereocenters. The molecule has 6 nitrogen and oxygen atoms in total. The summed E-state index contributed by atoms with van der Waals surface area (Å²) in [4.78, 5) is 4.16. The Kier molecular flexibility index (Phi) is 3.48. The Morgan fingerprint density at radius 3 is 3.00 bits per heavy atom. The largest absolute Gasteiger partial charge is 0.327 e. The highest BCUT2D eigenvalue weighted by Crippen LogP contribution is 2.22. The van der Waals surface area contributed by atoms with Gasteiger partial charge in [-0.3, -0.25) is 4.68 Å². The van der Waals surface area contributed by atoms with E-state index in [-0.39, 0.29) is 23.5 Å². The Bertz CT molecular complexity index is 482. The molecule has 1 saturated heterocycles. The van der Waals surface area contributed by atoms with Crippen LogP contribution in [0.15, 0.2) is 6.33 Å². The van der Waals surface area contributed by atoms with Gasteiger partial charge in [-0.25, -0.2) is 13.4 Å². The lowest BCUT2D eigenvalue weighted by Crippen LogP contribution is -2.34. The maximum absolute atomic E-state index is 11.4. The minimum atomic E-state index is -2.86. The van der Waals surface area contributed by atoms with Crippen LogP contribution < -0.4 is 5.73 Å². The fourth-order valence-corrected chi connectivity index (χ4v) is 4.14. The third-order valence-electron chi connectivity index (χ3n) is 3.29. The summed E-state index contributed by atoms with van der Waals surface area (Å²) >= 11 is 0. The highest BCUT2D eigenvalue weighted by Gasteiger charge is 2.32. The molecule has 2 atom stereocenters. The fourth-order valence-electron chi connectivity index (χ4n) is 2.25. The van der Waals surface area contributed by atoms with Crippen molar-refractivity contribution in [3.05, 3.63) is 12.2 Å². The second-order valence-electron chi connectivity index (χ2n) is 4.52. The van der Waals surface area contributed by atoms with E-state index in [1.54, 1.807) is 4.68 Å². The van der Waals surface area contributed by atoms with Crippen molar-refractivity contribution in [3.63, 3.8) is 0 Å². The molecule has 1 aliphatic heterocycles. The van der Waals surface area contributed by atoms with E-state index < -0.39 is 9.84 Å². The van der Waals surface area contributed by atoms with Gasteiger partial charge in [0.25, 0.3) is 0 Å². The van der Waals surface area contributed by atoms with Crippen LogP contribution in [0.2, 0.25) is 0 Å². The van der Waals surface area contributed by atoms with Gasteiger partial charge in [-0.2, -0.15) is 5.10 Å². The van der Waals surface area contributed by atoms with Crippen molar-refractivity contribution in [2.45, 2.75) is 32.4 Å². The summed E-state index contributed by atoms with van der Waals surface area (Å²) < 4.78 is 24.6. The van der Waals surface area contributed by atoms with Gasteiger partial charge >= 0.3 is 0 Å². The Hall–Kier alpha value is -0.950. The third-order valence-corrected chi connectivity index (χ3v) is 5.08. The quantitative estimate of drug-likeness (QED) is 0.793. The summed E-state index contributed by atoms with van der Waals surface area (Å²) in [7, 11) is -2.86. The zero-order chi connectivity index (χ0) is 12.5. The molecule has 1 aliphatic rings. The highest BCUT2D eigenvalue weighted by molar-refractivity contribution is 7.91. The average molecular weight is 258 g/mol. The van der Waals surface area contributed by atoms with Crippen molar-refractivity contribution in [3.8, 4) is 0 Å². The summed E-state index contributed by atoms with van der Waals surface area (Å²) in [5, 5.41) is 4.07. The normalized spacial score (nSPS) is 24.9. The molecular weight excluding hydrogens is 240 g/mol. The number of hydrogen-bond acceptors (Lipinski definition) is 5. The number of hydrogen-bond donors (Lipinski definition) is 1. The van der Waals surface area contributed by atoms with Gasteiger partial charge in [0.05, 0.1) is 11.5 Å². The number of aryl methyl sites for hydroxylation is 1. The standard InChI is InChI=1S/C10H18N4O2S/c1-2-14-10(12-7-13-14)5-9(11)8-3-4-17(15,16)6-8/h7-9H,2-6,11H2,1H3. The van der Waals surface area contributed by atoms with Crippen LogP contribution >= 0.6 is 0 Å². The molecule has 0 aliphatic carbocycles. The predicted octanol–water partition coefficient (Wildman–Crippen LogP) is -0.397. The van der Waals surface area contributed by atoms with Gasteiger partial charge in [-0.15, -0.1) is 0 Å². The van der Waals surface area contributed by atoms with E-state index in [0.717, 1.165) is 12.4 Å². The van der Waals surface area contributed by atoms with Crippen LogP contribution in [0.25, 0.3) is 0 Å². The Morgan fingerprint density at radius 2 is 2.41 bits per heavy atom. The molecule has 0 spiro atoms. The molecule has 1 fully saturated rings. The van der Waals surface area contributed by atoms with Crippen molar-refractivity contribution in [2.24, 2.45) is 11.7 Å². The molecule has 17 heavy (non-hydrogen) atoms. The summed E-state index contributed by atoms with van der Waals surface area (Å²) in [6, 6.07) is -0.151. The Balaban J connectivity index is 2.00. The first kappa shape index (κ1) is 12.5. The van der Waals surface area contributed by atoms with Crippen LogP contribution in [0.1, 0.15) is 19.2 Å². The fraction of sp³-hybridized carbons (Fsp3) is 0.800. The van der Waals surface area contributed by atoms with Crippen LogP contribution in [0.5, 0.6) is 0 Å². The van der Waals surface area contributed by atoms with E-state index in [9.17, 15) is 8.42 Å². The molecule has 2 rings (SSSR count). The summed E-state index contributed by atoms with van der Waals surface area (Å²) in [6.45, 7) is 2.74. The van der Waals surface area contributed by atoms with Gasteiger partial charge in [-0.05, 0) is 19.3 Å². The third kappa shape index (κ3) is 2.84. The van der Waals surface area contributed by atoms with Crippen LogP contribution in [-0.4, -0.2) is 40.7 Å². The van der Waals surface area contributed by atoms with E-state index in [4.69, 9.17) is 5.73 Å². The second-order valence-corrected chi connectivity index (χ2v) is 6.75. The number of nitrogens with zero attached hydrogens (tertiary/aromatic N) is 3. The van der Waals surface area contributed by atoms with E-state index in [2.05, 4.69) is 10.1 Å². The molecule has 0 radical (unpaired) electrons. The molecule has 1 aromatic heterocycles. The first-order chi connectivity index (χ1) is 8.02. The lowest BCUT2D eigenvalue weighted by Gasteiger charge is -2.17. The minimum Gasteiger partial charge on any atom is -0.327 e. The van der Waals surface area contributed by atoms with E-state index in [1.165, 1.54) is 6.33 Å². The second kappa shape index (κ2) is 4.73. The molecule has 0 saturated carbocycles. The average Bonchev–Trinajstić information content (AvgIpc) is 2.84. The lowest BCUT2D eigenvalue weighted by atomic mass is 9.97. The summed E-state index contributed by atoms with van der Waals surface area (Å²) in [5.74, 6) is 1.38. The molecule has 2 heterocycles.